The third-order valence-corrected chi connectivity index (χ3v) is 3.33. The lowest BCUT2D eigenvalue weighted by atomic mass is 9.99. The van der Waals surface area contributed by atoms with Crippen molar-refractivity contribution >= 4 is 23.2 Å². The van der Waals surface area contributed by atoms with Gasteiger partial charge < -0.3 is 5.73 Å². The number of rotatable bonds is 4. The second kappa shape index (κ2) is 6.67. The number of piperidine rings is 1. The number of halogens is 2. The maximum absolute atomic E-state index is 5.92. The third-order valence-electron chi connectivity index (χ3n) is 2.72. The van der Waals surface area contributed by atoms with Crippen molar-refractivity contribution in [3.05, 3.63) is 10.6 Å². The molecule has 1 heterocycles. The molecule has 1 fully saturated rings. The van der Waals surface area contributed by atoms with E-state index in [0.29, 0.717) is 6.04 Å². The molecule has 4 heteroatoms. The summed E-state index contributed by atoms with van der Waals surface area (Å²) in [4.78, 5) is 2.39. The first-order valence-electron chi connectivity index (χ1n) is 5.16. The fourth-order valence-electron chi connectivity index (χ4n) is 2.02. The summed E-state index contributed by atoms with van der Waals surface area (Å²) in [6.07, 6.45) is 4.87. The van der Waals surface area contributed by atoms with E-state index < -0.39 is 0 Å². The predicted molar refractivity (Wildman–Crippen MR) is 62.7 cm³/mol. The van der Waals surface area contributed by atoms with Crippen molar-refractivity contribution in [3.63, 3.8) is 0 Å². The Morgan fingerprint density at radius 1 is 1.50 bits per heavy atom. The molecule has 2 nitrogen and oxygen atoms in total. The first kappa shape index (κ1) is 12.3. The van der Waals surface area contributed by atoms with E-state index in [1.54, 1.807) is 0 Å². The minimum absolute atomic E-state index is 0.596. The third kappa shape index (κ3) is 3.77. The minimum atomic E-state index is 0.596. The van der Waals surface area contributed by atoms with Gasteiger partial charge in [0.05, 0.1) is 0 Å². The van der Waals surface area contributed by atoms with Crippen molar-refractivity contribution in [2.24, 2.45) is 5.73 Å². The average Bonchev–Trinajstić information content (AvgIpc) is 2.21. The van der Waals surface area contributed by atoms with Crippen molar-refractivity contribution in [2.75, 3.05) is 19.6 Å². The number of hydrogen-bond acceptors (Lipinski definition) is 2. The zero-order valence-corrected chi connectivity index (χ0v) is 9.90. The normalized spacial score (nSPS) is 25.4. The van der Waals surface area contributed by atoms with E-state index in [1.165, 1.54) is 24.8 Å². The lowest BCUT2D eigenvalue weighted by Gasteiger charge is -2.35. The summed E-state index contributed by atoms with van der Waals surface area (Å²) in [5, 5.41) is 0.718. The van der Waals surface area contributed by atoms with Gasteiger partial charge in [-0.15, -0.1) is 0 Å². The van der Waals surface area contributed by atoms with Gasteiger partial charge in [-0.2, -0.15) is 0 Å². The molecule has 1 unspecified atom stereocenters. The molecule has 1 saturated heterocycles. The van der Waals surface area contributed by atoms with Gasteiger partial charge in [-0.05, 0) is 32.4 Å². The molecule has 2 N–H and O–H groups in total. The molecule has 0 radical (unpaired) electrons. The van der Waals surface area contributed by atoms with Crippen LogP contribution in [0.4, 0.5) is 0 Å². The lowest BCUT2D eigenvalue weighted by Crippen LogP contribution is -2.41. The van der Waals surface area contributed by atoms with Crippen LogP contribution in [0.2, 0.25) is 0 Å². The van der Waals surface area contributed by atoms with Crippen LogP contribution in [0.15, 0.2) is 10.6 Å². The number of nitrogens with two attached hydrogens (primary N) is 1. The molecule has 1 atom stereocenters. The second-order valence-corrected chi connectivity index (χ2v) is 4.46. The van der Waals surface area contributed by atoms with E-state index in [1.807, 2.05) is 0 Å². The quantitative estimate of drug-likeness (QED) is 0.814. The van der Waals surface area contributed by atoms with Crippen LogP contribution in [-0.4, -0.2) is 30.6 Å². The monoisotopic (exact) mass is 236 g/mol. The smallest absolute Gasteiger partial charge is 0.0434 e. The standard InChI is InChI=1S/C10H18Cl2N2/c11-7-9(12)8-14-6-2-1-3-10(14)4-5-13/h7,10H,1-6,8,13H2. The molecule has 0 aromatic rings. The largest absolute Gasteiger partial charge is 0.330 e. The zero-order chi connectivity index (χ0) is 10.4. The van der Waals surface area contributed by atoms with Gasteiger partial charge in [-0.1, -0.05) is 29.6 Å². The van der Waals surface area contributed by atoms with Crippen LogP contribution in [0.5, 0.6) is 0 Å². The molecule has 0 aliphatic carbocycles. The Hall–Kier alpha value is 0.240. The van der Waals surface area contributed by atoms with Crippen LogP contribution in [-0.2, 0) is 0 Å². The molecular formula is C10H18Cl2N2. The highest BCUT2D eigenvalue weighted by Crippen LogP contribution is 2.21. The van der Waals surface area contributed by atoms with E-state index in [4.69, 9.17) is 28.9 Å². The Morgan fingerprint density at radius 2 is 2.29 bits per heavy atom. The van der Waals surface area contributed by atoms with E-state index in [0.717, 1.165) is 31.1 Å². The first-order chi connectivity index (χ1) is 6.77. The van der Waals surface area contributed by atoms with E-state index in [9.17, 15) is 0 Å². The summed E-state index contributed by atoms with van der Waals surface area (Å²) in [7, 11) is 0. The first-order valence-corrected chi connectivity index (χ1v) is 5.98. The lowest BCUT2D eigenvalue weighted by molar-refractivity contribution is 0.157. The van der Waals surface area contributed by atoms with Gasteiger partial charge in [0.25, 0.3) is 0 Å². The van der Waals surface area contributed by atoms with Crippen molar-refractivity contribution < 1.29 is 0 Å². The van der Waals surface area contributed by atoms with Crippen LogP contribution in [0.3, 0.4) is 0 Å². The summed E-state index contributed by atoms with van der Waals surface area (Å²) < 4.78 is 0. The number of likely N-dealkylation sites (tertiary alicyclic amines) is 1. The summed E-state index contributed by atoms with van der Waals surface area (Å²) in [6, 6.07) is 0.596. The highest BCUT2D eigenvalue weighted by atomic mass is 35.5. The summed E-state index contributed by atoms with van der Waals surface area (Å²) >= 11 is 11.5. The SMILES string of the molecule is NCCC1CCCCN1CC(Cl)=CCl. The molecule has 82 valence electrons. The number of nitrogens with zero attached hydrogens (tertiary/aromatic N) is 1. The van der Waals surface area contributed by atoms with Gasteiger partial charge in [-0.3, -0.25) is 4.90 Å². The zero-order valence-electron chi connectivity index (χ0n) is 8.38. The maximum Gasteiger partial charge on any atom is 0.0434 e. The van der Waals surface area contributed by atoms with Crippen LogP contribution in [0.1, 0.15) is 25.7 Å². The summed E-state index contributed by atoms with van der Waals surface area (Å²) in [5.74, 6) is 0. The molecule has 0 amide bonds. The van der Waals surface area contributed by atoms with Gasteiger partial charge in [-0.25, -0.2) is 0 Å². The Kier molecular flexibility index (Phi) is 5.87. The highest BCUT2D eigenvalue weighted by Gasteiger charge is 2.21. The van der Waals surface area contributed by atoms with Crippen LogP contribution in [0.25, 0.3) is 0 Å². The van der Waals surface area contributed by atoms with E-state index in [2.05, 4.69) is 4.90 Å². The van der Waals surface area contributed by atoms with Gasteiger partial charge in [0.15, 0.2) is 0 Å². The topological polar surface area (TPSA) is 29.3 Å². The Balaban J connectivity index is 2.45. The molecule has 1 aliphatic rings. The second-order valence-electron chi connectivity index (χ2n) is 3.75. The van der Waals surface area contributed by atoms with Crippen molar-refractivity contribution in [2.45, 2.75) is 31.7 Å². The molecule has 0 aromatic heterocycles. The molecule has 0 bridgehead atoms. The molecular weight excluding hydrogens is 219 g/mol. The minimum Gasteiger partial charge on any atom is -0.330 e. The van der Waals surface area contributed by atoms with Gasteiger partial charge in [0, 0.05) is 23.2 Å². The Labute approximate surface area is 96.0 Å². The molecule has 0 saturated carbocycles. The van der Waals surface area contributed by atoms with Gasteiger partial charge in [0.2, 0.25) is 0 Å². The average molecular weight is 237 g/mol. The van der Waals surface area contributed by atoms with E-state index >= 15 is 0 Å². The fourth-order valence-corrected chi connectivity index (χ4v) is 2.24. The van der Waals surface area contributed by atoms with Crippen molar-refractivity contribution in [1.29, 1.82) is 0 Å². The fraction of sp³-hybridized carbons (Fsp3) is 0.800. The summed E-state index contributed by atoms with van der Waals surface area (Å²) in [5.41, 5.74) is 7.04. The highest BCUT2D eigenvalue weighted by molar-refractivity contribution is 6.36. The van der Waals surface area contributed by atoms with Crippen molar-refractivity contribution in [3.8, 4) is 0 Å². The van der Waals surface area contributed by atoms with Gasteiger partial charge in [0.1, 0.15) is 0 Å². The molecule has 1 aliphatic heterocycles. The molecule has 0 spiro atoms. The predicted octanol–water partition coefficient (Wildman–Crippen LogP) is 2.51. The summed E-state index contributed by atoms with van der Waals surface area (Å²) in [6.45, 7) is 2.64. The van der Waals surface area contributed by atoms with Crippen LogP contribution < -0.4 is 5.73 Å². The Bertz CT molecular complexity index is 193. The number of hydrogen-bond donors (Lipinski definition) is 1. The van der Waals surface area contributed by atoms with Crippen LogP contribution >= 0.6 is 23.2 Å². The molecule has 1 rings (SSSR count). The maximum atomic E-state index is 5.92. The molecule has 14 heavy (non-hydrogen) atoms. The van der Waals surface area contributed by atoms with Gasteiger partial charge >= 0.3 is 0 Å². The van der Waals surface area contributed by atoms with Crippen LogP contribution in [0, 0.1) is 0 Å². The Morgan fingerprint density at radius 3 is 2.93 bits per heavy atom. The molecule has 0 aromatic carbocycles. The van der Waals surface area contributed by atoms with Crippen molar-refractivity contribution in [1.82, 2.24) is 4.90 Å². The van der Waals surface area contributed by atoms with E-state index in [-0.39, 0.29) is 0 Å².